The molecule has 1 aliphatic heterocycles. The van der Waals surface area contributed by atoms with Crippen LogP contribution < -0.4 is 15.8 Å². The highest BCUT2D eigenvalue weighted by Gasteiger charge is 2.37. The highest BCUT2D eigenvalue weighted by Crippen LogP contribution is 2.42. The average Bonchev–Trinajstić information content (AvgIpc) is 2.56. The molecule has 2 rings (SSSR count). The summed E-state index contributed by atoms with van der Waals surface area (Å²) >= 11 is 5.98. The number of halogens is 1. The molecule has 0 aliphatic carbocycles. The number of rotatable bonds is 5. The van der Waals surface area contributed by atoms with Crippen LogP contribution in [0.25, 0.3) is 0 Å². The minimum absolute atomic E-state index is 0.00531. The van der Waals surface area contributed by atoms with Crippen molar-refractivity contribution in [3.8, 4) is 5.75 Å². The summed E-state index contributed by atoms with van der Waals surface area (Å²) in [6.07, 6.45) is -0.249. The van der Waals surface area contributed by atoms with Crippen LogP contribution >= 0.6 is 19.3 Å². The van der Waals surface area contributed by atoms with Gasteiger partial charge in [0.1, 0.15) is 5.75 Å². The molecule has 11 heteroatoms. The van der Waals surface area contributed by atoms with Gasteiger partial charge in [0, 0.05) is 26.3 Å². The van der Waals surface area contributed by atoms with Gasteiger partial charge in [-0.1, -0.05) is 11.6 Å². The number of nitrogens with one attached hydrogen (secondary N) is 1. The predicted octanol–water partition coefficient (Wildman–Crippen LogP) is 0.843. The van der Waals surface area contributed by atoms with E-state index in [1.54, 1.807) is 0 Å². The van der Waals surface area contributed by atoms with Crippen molar-refractivity contribution < 1.29 is 28.6 Å². The molecular weight excluding hydrogens is 373 g/mol. The van der Waals surface area contributed by atoms with E-state index in [0.717, 1.165) is 4.67 Å². The number of hydrogen-bond acceptors (Lipinski definition) is 5. The van der Waals surface area contributed by atoms with E-state index in [4.69, 9.17) is 26.8 Å². The van der Waals surface area contributed by atoms with Crippen LogP contribution in [-0.4, -0.2) is 59.8 Å². The standard InChI is InChI=1S/C14H21ClN3O6P/c1-23-12-6-10(16)9(15)5-8(12)14(19)17-11-3-4-18(25(20,21)22)7-13(11)24-2/h5-6,11,13H,3-4,7,16H2,1-2H3,(H,17,19)(H2,20,21,22). The summed E-state index contributed by atoms with van der Waals surface area (Å²) < 4.78 is 22.9. The molecule has 0 saturated carbocycles. The van der Waals surface area contributed by atoms with Crippen LogP contribution in [0.15, 0.2) is 12.1 Å². The molecule has 1 aromatic carbocycles. The van der Waals surface area contributed by atoms with Crippen molar-refractivity contribution >= 4 is 30.9 Å². The summed E-state index contributed by atoms with van der Waals surface area (Å²) in [5.41, 5.74) is 6.21. The number of ether oxygens (including phenoxy) is 2. The Bertz CT molecular complexity index is 697. The number of piperidine rings is 1. The van der Waals surface area contributed by atoms with Gasteiger partial charge >= 0.3 is 7.75 Å². The van der Waals surface area contributed by atoms with Crippen molar-refractivity contribution in [3.05, 3.63) is 22.7 Å². The lowest BCUT2D eigenvalue weighted by Gasteiger charge is -2.37. The van der Waals surface area contributed by atoms with E-state index in [2.05, 4.69) is 5.32 Å². The number of anilines is 1. The molecule has 1 heterocycles. The van der Waals surface area contributed by atoms with E-state index >= 15 is 0 Å². The molecular formula is C14H21ClN3O6P. The Balaban J connectivity index is 2.15. The van der Waals surface area contributed by atoms with Crippen LogP contribution in [0.4, 0.5) is 5.69 Å². The van der Waals surface area contributed by atoms with Crippen LogP contribution in [0.3, 0.4) is 0 Å². The van der Waals surface area contributed by atoms with Gasteiger partial charge in [-0.25, -0.2) is 9.24 Å². The zero-order valence-corrected chi connectivity index (χ0v) is 15.5. The third kappa shape index (κ3) is 4.63. The Labute approximate surface area is 150 Å². The first kappa shape index (κ1) is 20.0. The number of amides is 1. The molecule has 1 saturated heterocycles. The van der Waals surface area contributed by atoms with E-state index in [0.29, 0.717) is 12.1 Å². The summed E-state index contributed by atoms with van der Waals surface area (Å²) in [5.74, 6) is -0.156. The monoisotopic (exact) mass is 393 g/mol. The number of nitrogens with zero attached hydrogens (tertiary/aromatic N) is 1. The molecule has 0 bridgehead atoms. The van der Waals surface area contributed by atoms with Crippen LogP contribution in [0.2, 0.25) is 5.02 Å². The number of benzene rings is 1. The zero-order valence-electron chi connectivity index (χ0n) is 13.8. The summed E-state index contributed by atoms with van der Waals surface area (Å²) in [7, 11) is -1.51. The molecule has 1 fully saturated rings. The van der Waals surface area contributed by atoms with Gasteiger partial charge in [-0.15, -0.1) is 0 Å². The van der Waals surface area contributed by atoms with Crippen molar-refractivity contribution in [2.75, 3.05) is 33.0 Å². The molecule has 2 atom stereocenters. The smallest absolute Gasteiger partial charge is 0.403 e. The predicted molar refractivity (Wildman–Crippen MR) is 92.7 cm³/mol. The van der Waals surface area contributed by atoms with Crippen LogP contribution in [0, 0.1) is 0 Å². The Morgan fingerprint density at radius 3 is 2.68 bits per heavy atom. The summed E-state index contributed by atoms with van der Waals surface area (Å²) in [5, 5.41) is 3.03. The second-order valence-electron chi connectivity index (χ2n) is 5.64. The number of methoxy groups -OCH3 is 2. The molecule has 2 unspecified atom stereocenters. The van der Waals surface area contributed by atoms with Gasteiger partial charge in [-0.3, -0.25) is 4.79 Å². The zero-order chi connectivity index (χ0) is 18.8. The molecule has 0 radical (unpaired) electrons. The molecule has 1 aromatic rings. The van der Waals surface area contributed by atoms with E-state index in [-0.39, 0.29) is 29.4 Å². The number of nitrogens with two attached hydrogens (primary N) is 1. The Morgan fingerprint density at radius 2 is 2.12 bits per heavy atom. The Hall–Kier alpha value is -1.35. The maximum Gasteiger partial charge on any atom is 0.403 e. The molecule has 25 heavy (non-hydrogen) atoms. The van der Waals surface area contributed by atoms with Gasteiger partial charge in [0.25, 0.3) is 5.91 Å². The second kappa shape index (κ2) is 7.90. The Kier molecular flexibility index (Phi) is 6.31. The van der Waals surface area contributed by atoms with Crippen LogP contribution in [-0.2, 0) is 9.30 Å². The summed E-state index contributed by atoms with van der Waals surface area (Å²) in [6, 6.07) is 2.46. The van der Waals surface area contributed by atoms with Gasteiger partial charge < -0.3 is 30.3 Å². The summed E-state index contributed by atoms with van der Waals surface area (Å²) in [4.78, 5) is 31.1. The quantitative estimate of drug-likeness (QED) is 0.427. The first-order valence-electron chi connectivity index (χ1n) is 7.45. The normalized spacial score (nSPS) is 21.8. The maximum absolute atomic E-state index is 12.6. The lowest BCUT2D eigenvalue weighted by molar-refractivity contribution is 0.0219. The topological polar surface area (TPSA) is 134 Å². The average molecular weight is 394 g/mol. The minimum atomic E-state index is -4.35. The van der Waals surface area contributed by atoms with Crippen molar-refractivity contribution in [2.45, 2.75) is 18.6 Å². The third-order valence-electron chi connectivity index (χ3n) is 4.09. The molecule has 1 aliphatic rings. The molecule has 1 amide bonds. The van der Waals surface area contributed by atoms with Crippen molar-refractivity contribution in [1.29, 1.82) is 0 Å². The number of nitrogen functional groups attached to an aromatic ring is 1. The van der Waals surface area contributed by atoms with E-state index in [1.165, 1.54) is 26.4 Å². The highest BCUT2D eigenvalue weighted by molar-refractivity contribution is 7.49. The van der Waals surface area contributed by atoms with E-state index in [1.807, 2.05) is 0 Å². The third-order valence-corrected chi connectivity index (χ3v) is 5.52. The molecule has 0 spiro atoms. The molecule has 5 N–H and O–H groups in total. The largest absolute Gasteiger partial charge is 0.496 e. The number of carbonyl (C=O) groups is 1. The second-order valence-corrected chi connectivity index (χ2v) is 7.64. The maximum atomic E-state index is 12.6. The Morgan fingerprint density at radius 1 is 1.44 bits per heavy atom. The lowest BCUT2D eigenvalue weighted by atomic mass is 10.0. The van der Waals surface area contributed by atoms with Gasteiger partial charge in [0.2, 0.25) is 0 Å². The van der Waals surface area contributed by atoms with Crippen molar-refractivity contribution in [3.63, 3.8) is 0 Å². The van der Waals surface area contributed by atoms with Crippen molar-refractivity contribution in [2.24, 2.45) is 0 Å². The van der Waals surface area contributed by atoms with E-state index < -0.39 is 25.8 Å². The van der Waals surface area contributed by atoms with Crippen LogP contribution in [0.5, 0.6) is 5.75 Å². The molecule has 0 aromatic heterocycles. The van der Waals surface area contributed by atoms with E-state index in [9.17, 15) is 19.1 Å². The first-order valence-corrected chi connectivity index (χ1v) is 9.39. The first-order chi connectivity index (χ1) is 11.7. The number of carbonyl (C=O) groups excluding carboxylic acids is 1. The lowest BCUT2D eigenvalue weighted by Crippen LogP contribution is -2.53. The highest BCUT2D eigenvalue weighted by atomic mass is 35.5. The van der Waals surface area contributed by atoms with Crippen LogP contribution in [0.1, 0.15) is 16.8 Å². The van der Waals surface area contributed by atoms with Gasteiger partial charge in [-0.2, -0.15) is 0 Å². The van der Waals surface area contributed by atoms with Crippen molar-refractivity contribution in [1.82, 2.24) is 9.99 Å². The molecule has 9 nitrogen and oxygen atoms in total. The number of hydrogen-bond donors (Lipinski definition) is 4. The fourth-order valence-electron chi connectivity index (χ4n) is 2.70. The van der Waals surface area contributed by atoms with Gasteiger partial charge in [-0.05, 0) is 12.5 Å². The fourth-order valence-corrected chi connectivity index (χ4v) is 3.62. The molecule has 140 valence electrons. The van der Waals surface area contributed by atoms with Gasteiger partial charge in [0.05, 0.1) is 35.5 Å². The fraction of sp³-hybridized carbons (Fsp3) is 0.500. The minimum Gasteiger partial charge on any atom is -0.496 e. The summed E-state index contributed by atoms with van der Waals surface area (Å²) in [6.45, 7) is 0.139. The SMILES string of the molecule is COc1cc(N)c(Cl)cc1C(=O)NC1CCN(P(=O)(O)O)CC1OC. The van der Waals surface area contributed by atoms with Gasteiger partial charge in [0.15, 0.2) is 0 Å².